The largest absolute Gasteiger partial charge is 0.309 e. The van der Waals surface area contributed by atoms with E-state index in [1.54, 1.807) is 0 Å². The van der Waals surface area contributed by atoms with Gasteiger partial charge in [0.05, 0.1) is 11.5 Å². The number of sulfone groups is 1. The molecule has 0 saturated carbocycles. The molecule has 1 aromatic carbocycles. The molecule has 0 aliphatic carbocycles. The molecule has 0 fully saturated rings. The van der Waals surface area contributed by atoms with Gasteiger partial charge in [0, 0.05) is 6.04 Å². The summed E-state index contributed by atoms with van der Waals surface area (Å²) >= 11 is 0. The van der Waals surface area contributed by atoms with Gasteiger partial charge < -0.3 is 5.32 Å². The highest BCUT2D eigenvalue weighted by Gasteiger charge is 2.19. The summed E-state index contributed by atoms with van der Waals surface area (Å²) < 4.78 is 24.2. The first-order valence-corrected chi connectivity index (χ1v) is 8.90. The fourth-order valence-corrected chi connectivity index (χ4v) is 3.74. The Morgan fingerprint density at radius 1 is 1.11 bits per heavy atom. The summed E-state index contributed by atoms with van der Waals surface area (Å²) in [6.45, 7) is 4.85. The lowest BCUT2D eigenvalue weighted by Crippen LogP contribution is -2.29. The first kappa shape index (κ1) is 16.2. The molecule has 0 saturated heterocycles. The molecule has 4 heteroatoms. The molecule has 1 rings (SSSR count). The lowest BCUT2D eigenvalue weighted by Gasteiger charge is -2.18. The maximum absolute atomic E-state index is 12.1. The van der Waals surface area contributed by atoms with Crippen molar-refractivity contribution >= 4 is 9.84 Å². The monoisotopic (exact) mass is 283 g/mol. The van der Waals surface area contributed by atoms with Crippen molar-refractivity contribution in [1.29, 1.82) is 0 Å². The zero-order chi connectivity index (χ0) is 14.1. The van der Waals surface area contributed by atoms with Crippen molar-refractivity contribution in [3.05, 3.63) is 35.9 Å². The average Bonchev–Trinajstić information content (AvgIpc) is 2.39. The van der Waals surface area contributed by atoms with Gasteiger partial charge in [-0.3, -0.25) is 0 Å². The second-order valence-corrected chi connectivity index (χ2v) is 7.07. The van der Waals surface area contributed by atoms with E-state index < -0.39 is 9.84 Å². The Hall–Kier alpha value is -0.870. The van der Waals surface area contributed by atoms with Crippen LogP contribution in [0.25, 0.3) is 0 Å². The molecule has 19 heavy (non-hydrogen) atoms. The Kier molecular flexibility index (Phi) is 7.10. The van der Waals surface area contributed by atoms with Gasteiger partial charge >= 0.3 is 0 Å². The van der Waals surface area contributed by atoms with Crippen LogP contribution >= 0.6 is 0 Å². The molecular formula is C15H25NO2S. The average molecular weight is 283 g/mol. The van der Waals surface area contributed by atoms with E-state index in [0.29, 0.717) is 5.75 Å². The highest BCUT2D eigenvalue weighted by Crippen LogP contribution is 2.16. The third kappa shape index (κ3) is 6.21. The van der Waals surface area contributed by atoms with Gasteiger partial charge in [0.25, 0.3) is 0 Å². The molecule has 0 heterocycles. The SMILES string of the molecule is CCCCCS(=O)(=O)CC(NCC)c1ccccc1. The van der Waals surface area contributed by atoms with E-state index in [1.807, 2.05) is 37.3 Å². The van der Waals surface area contributed by atoms with Crippen LogP contribution in [-0.2, 0) is 9.84 Å². The van der Waals surface area contributed by atoms with Crippen molar-refractivity contribution in [2.24, 2.45) is 0 Å². The standard InChI is InChI=1S/C15H25NO2S/c1-3-5-9-12-19(17,18)13-15(16-4-2)14-10-7-6-8-11-14/h6-8,10-11,15-16H,3-5,9,12-13H2,1-2H3. The summed E-state index contributed by atoms with van der Waals surface area (Å²) in [5, 5.41) is 3.27. The van der Waals surface area contributed by atoms with Crippen molar-refractivity contribution in [3.8, 4) is 0 Å². The van der Waals surface area contributed by atoms with Crippen LogP contribution in [-0.4, -0.2) is 26.5 Å². The Bertz CT molecular complexity index is 442. The number of hydrogen-bond acceptors (Lipinski definition) is 3. The lowest BCUT2D eigenvalue weighted by atomic mass is 10.1. The summed E-state index contributed by atoms with van der Waals surface area (Å²) in [7, 11) is -2.99. The smallest absolute Gasteiger partial charge is 0.152 e. The van der Waals surface area contributed by atoms with Crippen LogP contribution in [0.15, 0.2) is 30.3 Å². The first-order valence-electron chi connectivity index (χ1n) is 7.07. The van der Waals surface area contributed by atoms with Crippen LogP contribution in [0.1, 0.15) is 44.7 Å². The van der Waals surface area contributed by atoms with Crippen LogP contribution in [0, 0.1) is 0 Å². The maximum Gasteiger partial charge on any atom is 0.152 e. The van der Waals surface area contributed by atoms with Crippen LogP contribution in [0.4, 0.5) is 0 Å². The third-order valence-electron chi connectivity index (χ3n) is 3.13. The molecule has 1 atom stereocenters. The minimum atomic E-state index is -2.99. The molecule has 0 aliphatic heterocycles. The fraction of sp³-hybridized carbons (Fsp3) is 0.600. The number of hydrogen-bond donors (Lipinski definition) is 1. The van der Waals surface area contributed by atoms with Crippen molar-refractivity contribution < 1.29 is 8.42 Å². The number of unbranched alkanes of at least 4 members (excludes halogenated alkanes) is 2. The molecule has 108 valence electrons. The number of nitrogens with one attached hydrogen (secondary N) is 1. The van der Waals surface area contributed by atoms with Crippen molar-refractivity contribution in [2.45, 2.75) is 39.2 Å². The Morgan fingerprint density at radius 2 is 1.79 bits per heavy atom. The molecule has 0 radical (unpaired) electrons. The first-order chi connectivity index (χ1) is 9.09. The van der Waals surface area contributed by atoms with Gasteiger partial charge in [0.2, 0.25) is 0 Å². The van der Waals surface area contributed by atoms with Crippen LogP contribution < -0.4 is 5.32 Å². The van der Waals surface area contributed by atoms with Crippen LogP contribution in [0.5, 0.6) is 0 Å². The van der Waals surface area contributed by atoms with Gasteiger partial charge in [-0.05, 0) is 18.5 Å². The normalized spacial score (nSPS) is 13.4. The Labute approximate surface area is 117 Å². The zero-order valence-corrected chi connectivity index (χ0v) is 12.7. The summed E-state index contributed by atoms with van der Waals surface area (Å²) in [5.41, 5.74) is 1.04. The van der Waals surface area contributed by atoms with Crippen molar-refractivity contribution in [2.75, 3.05) is 18.1 Å². The predicted molar refractivity (Wildman–Crippen MR) is 81.0 cm³/mol. The second-order valence-electron chi connectivity index (χ2n) is 4.84. The van der Waals surface area contributed by atoms with E-state index in [2.05, 4.69) is 12.2 Å². The van der Waals surface area contributed by atoms with Gasteiger partial charge in [-0.25, -0.2) is 8.42 Å². The third-order valence-corrected chi connectivity index (χ3v) is 4.88. The Morgan fingerprint density at radius 3 is 2.37 bits per heavy atom. The zero-order valence-electron chi connectivity index (χ0n) is 11.9. The maximum atomic E-state index is 12.1. The van der Waals surface area contributed by atoms with Crippen LogP contribution in [0.2, 0.25) is 0 Å². The van der Waals surface area contributed by atoms with E-state index in [0.717, 1.165) is 31.4 Å². The van der Waals surface area contributed by atoms with Crippen molar-refractivity contribution in [1.82, 2.24) is 5.32 Å². The Balaban J connectivity index is 2.68. The van der Waals surface area contributed by atoms with Gasteiger partial charge in [-0.2, -0.15) is 0 Å². The summed E-state index contributed by atoms with van der Waals surface area (Å²) in [5.74, 6) is 0.490. The number of benzene rings is 1. The minimum absolute atomic E-state index is 0.0992. The summed E-state index contributed by atoms with van der Waals surface area (Å²) in [6, 6.07) is 9.71. The fourth-order valence-electron chi connectivity index (χ4n) is 2.11. The topological polar surface area (TPSA) is 46.2 Å². The highest BCUT2D eigenvalue weighted by molar-refractivity contribution is 7.91. The van der Waals surface area contributed by atoms with E-state index >= 15 is 0 Å². The summed E-state index contributed by atoms with van der Waals surface area (Å²) in [4.78, 5) is 0. The molecule has 1 aromatic rings. The molecule has 1 unspecified atom stereocenters. The van der Waals surface area contributed by atoms with Gasteiger partial charge in [-0.15, -0.1) is 0 Å². The van der Waals surface area contributed by atoms with Gasteiger partial charge in [-0.1, -0.05) is 57.0 Å². The molecule has 3 nitrogen and oxygen atoms in total. The quantitative estimate of drug-likeness (QED) is 0.709. The molecular weight excluding hydrogens is 258 g/mol. The van der Waals surface area contributed by atoms with Crippen LogP contribution in [0.3, 0.4) is 0 Å². The van der Waals surface area contributed by atoms with Gasteiger partial charge in [0.15, 0.2) is 9.84 Å². The van der Waals surface area contributed by atoms with Gasteiger partial charge in [0.1, 0.15) is 0 Å². The van der Waals surface area contributed by atoms with E-state index in [9.17, 15) is 8.42 Å². The summed E-state index contributed by atoms with van der Waals surface area (Å²) in [6.07, 6.45) is 2.80. The second kappa shape index (κ2) is 8.33. The molecule has 1 N–H and O–H groups in total. The molecule has 0 bridgehead atoms. The van der Waals surface area contributed by atoms with E-state index in [1.165, 1.54) is 0 Å². The van der Waals surface area contributed by atoms with E-state index in [-0.39, 0.29) is 11.8 Å². The predicted octanol–water partition coefficient (Wildman–Crippen LogP) is 2.94. The highest BCUT2D eigenvalue weighted by atomic mass is 32.2. The van der Waals surface area contributed by atoms with E-state index in [4.69, 9.17) is 0 Å². The lowest BCUT2D eigenvalue weighted by molar-refractivity contribution is 0.556. The molecule has 0 aliphatic rings. The number of rotatable bonds is 9. The van der Waals surface area contributed by atoms with Crippen molar-refractivity contribution in [3.63, 3.8) is 0 Å². The molecule has 0 aromatic heterocycles. The molecule has 0 spiro atoms. The molecule has 0 amide bonds. The minimum Gasteiger partial charge on any atom is -0.309 e.